The van der Waals surface area contributed by atoms with Crippen LogP contribution in [0.1, 0.15) is 26.7 Å². The van der Waals surface area contributed by atoms with E-state index in [1.807, 2.05) is 13.8 Å². The quantitative estimate of drug-likeness (QED) is 0.600. The fourth-order valence-corrected chi connectivity index (χ4v) is 1.82. The molecule has 0 saturated carbocycles. The summed E-state index contributed by atoms with van der Waals surface area (Å²) >= 11 is 1.78. The van der Waals surface area contributed by atoms with Crippen molar-refractivity contribution in [2.75, 3.05) is 11.5 Å². The van der Waals surface area contributed by atoms with E-state index in [0.29, 0.717) is 6.04 Å². The number of aliphatic hydroxyl groups excluding tert-OH is 1. The lowest BCUT2D eigenvalue weighted by atomic mass is 10.3. The molecule has 0 rings (SSSR count). The normalized spacial score (nSPS) is 16.4. The zero-order chi connectivity index (χ0) is 8.69. The number of hydrogen-bond acceptors (Lipinski definition) is 3. The highest BCUT2D eigenvalue weighted by Gasteiger charge is 2.00. The first-order valence-corrected chi connectivity index (χ1v) is 5.33. The molecule has 0 aliphatic carbocycles. The lowest BCUT2D eigenvalue weighted by molar-refractivity contribution is 0.195. The predicted molar refractivity (Wildman–Crippen MR) is 51.9 cm³/mol. The molecule has 0 saturated heterocycles. The van der Waals surface area contributed by atoms with Gasteiger partial charge in [0.2, 0.25) is 0 Å². The van der Waals surface area contributed by atoms with Crippen LogP contribution in [0.2, 0.25) is 0 Å². The van der Waals surface area contributed by atoms with E-state index in [9.17, 15) is 5.11 Å². The third kappa shape index (κ3) is 8.17. The highest BCUT2D eigenvalue weighted by molar-refractivity contribution is 7.99. The molecule has 0 amide bonds. The average molecular weight is 177 g/mol. The highest BCUT2D eigenvalue weighted by Crippen LogP contribution is 2.07. The third-order valence-corrected chi connectivity index (χ3v) is 2.64. The average Bonchev–Trinajstić information content (AvgIpc) is 1.97. The van der Waals surface area contributed by atoms with Gasteiger partial charge in [-0.2, -0.15) is 11.8 Å². The lowest BCUT2D eigenvalue weighted by Crippen LogP contribution is -2.16. The summed E-state index contributed by atoms with van der Waals surface area (Å²) < 4.78 is 0. The molecule has 0 heterocycles. The monoisotopic (exact) mass is 177 g/mol. The SMILES string of the molecule is CCC(O)CSCCC(C)N. The van der Waals surface area contributed by atoms with Crippen LogP contribution < -0.4 is 5.73 Å². The van der Waals surface area contributed by atoms with Crippen LogP contribution in [-0.2, 0) is 0 Å². The molecule has 0 radical (unpaired) electrons. The molecule has 0 bridgehead atoms. The Kier molecular flexibility index (Phi) is 7.12. The topological polar surface area (TPSA) is 46.2 Å². The summed E-state index contributed by atoms with van der Waals surface area (Å²) in [5.74, 6) is 1.91. The molecule has 3 N–H and O–H groups in total. The molecule has 3 heteroatoms. The standard InChI is InChI=1S/C8H19NOS/c1-3-8(10)6-11-5-4-7(2)9/h7-8,10H,3-6,9H2,1-2H3. The van der Waals surface area contributed by atoms with Crippen LogP contribution in [0, 0.1) is 0 Å². The molecule has 0 aliphatic rings. The Morgan fingerprint density at radius 1 is 1.55 bits per heavy atom. The van der Waals surface area contributed by atoms with Gasteiger partial charge in [0.15, 0.2) is 0 Å². The second-order valence-electron chi connectivity index (χ2n) is 2.90. The van der Waals surface area contributed by atoms with Crippen molar-refractivity contribution in [1.29, 1.82) is 0 Å². The van der Waals surface area contributed by atoms with Crippen molar-refractivity contribution in [1.82, 2.24) is 0 Å². The summed E-state index contributed by atoms with van der Waals surface area (Å²) in [5, 5.41) is 9.17. The summed E-state index contributed by atoms with van der Waals surface area (Å²) in [6.45, 7) is 4.01. The van der Waals surface area contributed by atoms with Crippen molar-refractivity contribution in [3.63, 3.8) is 0 Å². The maximum Gasteiger partial charge on any atom is 0.0628 e. The fourth-order valence-electron chi connectivity index (χ4n) is 0.606. The second kappa shape index (κ2) is 6.95. The number of aliphatic hydroxyl groups is 1. The van der Waals surface area contributed by atoms with E-state index in [-0.39, 0.29) is 6.10 Å². The van der Waals surface area contributed by atoms with Crippen LogP contribution in [0.15, 0.2) is 0 Å². The predicted octanol–water partition coefficient (Wildman–Crippen LogP) is 1.23. The Morgan fingerprint density at radius 2 is 2.18 bits per heavy atom. The molecule has 68 valence electrons. The van der Waals surface area contributed by atoms with Crippen LogP contribution >= 0.6 is 11.8 Å². The van der Waals surface area contributed by atoms with E-state index in [4.69, 9.17) is 5.73 Å². The van der Waals surface area contributed by atoms with E-state index in [0.717, 1.165) is 24.3 Å². The van der Waals surface area contributed by atoms with Gasteiger partial charge in [0.25, 0.3) is 0 Å². The fraction of sp³-hybridized carbons (Fsp3) is 1.00. The molecule has 0 spiro atoms. The first kappa shape index (κ1) is 11.3. The Balaban J connectivity index is 3.01. The van der Waals surface area contributed by atoms with Gasteiger partial charge in [-0.1, -0.05) is 6.92 Å². The van der Waals surface area contributed by atoms with Crippen LogP contribution in [0.5, 0.6) is 0 Å². The molecule has 0 aromatic carbocycles. The maximum atomic E-state index is 9.17. The molecule has 0 aromatic rings. The Labute approximate surface area is 73.6 Å². The van der Waals surface area contributed by atoms with Gasteiger partial charge in [-0.05, 0) is 25.5 Å². The second-order valence-corrected chi connectivity index (χ2v) is 4.05. The molecule has 0 aromatic heterocycles. The minimum Gasteiger partial charge on any atom is -0.392 e. The van der Waals surface area contributed by atoms with Crippen LogP contribution in [0.25, 0.3) is 0 Å². The smallest absolute Gasteiger partial charge is 0.0628 e. The Morgan fingerprint density at radius 3 is 2.64 bits per heavy atom. The van der Waals surface area contributed by atoms with Crippen LogP contribution in [0.4, 0.5) is 0 Å². The van der Waals surface area contributed by atoms with Gasteiger partial charge < -0.3 is 10.8 Å². The largest absolute Gasteiger partial charge is 0.392 e. The van der Waals surface area contributed by atoms with E-state index in [2.05, 4.69) is 0 Å². The van der Waals surface area contributed by atoms with Gasteiger partial charge in [0.1, 0.15) is 0 Å². The molecule has 2 unspecified atom stereocenters. The molecule has 0 aliphatic heterocycles. The summed E-state index contributed by atoms with van der Waals surface area (Å²) in [6, 6.07) is 0.293. The molecule has 0 fully saturated rings. The molecule has 2 nitrogen and oxygen atoms in total. The Bertz CT molecular complexity index is 88.2. The highest BCUT2D eigenvalue weighted by atomic mass is 32.2. The van der Waals surface area contributed by atoms with Crippen molar-refractivity contribution in [2.24, 2.45) is 5.73 Å². The molecule has 11 heavy (non-hydrogen) atoms. The van der Waals surface area contributed by atoms with Gasteiger partial charge in [0.05, 0.1) is 6.10 Å². The summed E-state index contributed by atoms with van der Waals surface area (Å²) in [4.78, 5) is 0. The van der Waals surface area contributed by atoms with Crippen molar-refractivity contribution < 1.29 is 5.11 Å². The zero-order valence-electron chi connectivity index (χ0n) is 7.42. The van der Waals surface area contributed by atoms with Gasteiger partial charge in [-0.25, -0.2) is 0 Å². The Hall–Kier alpha value is 0.270. The summed E-state index contributed by atoms with van der Waals surface area (Å²) in [5.41, 5.74) is 5.57. The van der Waals surface area contributed by atoms with Crippen molar-refractivity contribution in [2.45, 2.75) is 38.8 Å². The number of rotatable bonds is 6. The minimum atomic E-state index is -0.131. The van der Waals surface area contributed by atoms with E-state index in [1.54, 1.807) is 11.8 Å². The number of hydrogen-bond donors (Lipinski definition) is 2. The van der Waals surface area contributed by atoms with Gasteiger partial charge in [0, 0.05) is 11.8 Å². The van der Waals surface area contributed by atoms with Crippen LogP contribution in [-0.4, -0.2) is 28.8 Å². The number of thioether (sulfide) groups is 1. The van der Waals surface area contributed by atoms with E-state index >= 15 is 0 Å². The first-order chi connectivity index (χ1) is 5.16. The zero-order valence-corrected chi connectivity index (χ0v) is 8.23. The molecular formula is C8H19NOS. The van der Waals surface area contributed by atoms with Crippen molar-refractivity contribution in [3.05, 3.63) is 0 Å². The van der Waals surface area contributed by atoms with E-state index < -0.39 is 0 Å². The van der Waals surface area contributed by atoms with Gasteiger partial charge in [-0.3, -0.25) is 0 Å². The first-order valence-electron chi connectivity index (χ1n) is 4.18. The summed E-state index contributed by atoms with van der Waals surface area (Å²) in [6.07, 6.45) is 1.76. The minimum absolute atomic E-state index is 0.131. The molecule has 2 atom stereocenters. The van der Waals surface area contributed by atoms with E-state index in [1.165, 1.54) is 0 Å². The maximum absolute atomic E-state index is 9.17. The lowest BCUT2D eigenvalue weighted by Gasteiger charge is -2.07. The molecular weight excluding hydrogens is 158 g/mol. The van der Waals surface area contributed by atoms with Gasteiger partial charge >= 0.3 is 0 Å². The van der Waals surface area contributed by atoms with Crippen molar-refractivity contribution in [3.8, 4) is 0 Å². The number of nitrogens with two attached hydrogens (primary N) is 1. The van der Waals surface area contributed by atoms with Gasteiger partial charge in [-0.15, -0.1) is 0 Å². The van der Waals surface area contributed by atoms with Crippen LogP contribution in [0.3, 0.4) is 0 Å². The third-order valence-electron chi connectivity index (χ3n) is 1.50. The van der Waals surface area contributed by atoms with Crippen molar-refractivity contribution >= 4 is 11.8 Å². The summed E-state index contributed by atoms with van der Waals surface area (Å²) in [7, 11) is 0.